The number of carbonyl (C=O) groups is 1. The number of hydrogen-bond donors (Lipinski definition) is 1. The molecule has 0 saturated carbocycles. The molecular weight excluding hydrogens is 246 g/mol. The summed E-state index contributed by atoms with van der Waals surface area (Å²) in [6.45, 7) is 8.30. The van der Waals surface area contributed by atoms with Crippen LogP contribution in [-0.4, -0.2) is 18.9 Å². The van der Waals surface area contributed by atoms with E-state index in [9.17, 15) is 4.79 Å². The molecule has 1 N–H and O–H groups in total. The Morgan fingerprint density at radius 2 is 2.15 bits per heavy atom. The van der Waals surface area contributed by atoms with E-state index in [1.807, 2.05) is 0 Å². The number of carbonyl (C=O) groups excluding carboxylic acids is 1. The van der Waals surface area contributed by atoms with E-state index in [-0.39, 0.29) is 5.41 Å². The van der Waals surface area contributed by atoms with Gasteiger partial charge >= 0.3 is 0 Å². The number of rotatable bonds is 5. The lowest BCUT2D eigenvalue weighted by Gasteiger charge is -2.36. The average molecular weight is 273 g/mol. The number of hydrogen-bond acceptors (Lipinski definition) is 2. The van der Waals surface area contributed by atoms with Crippen LogP contribution in [0, 0.1) is 19.3 Å². The van der Waals surface area contributed by atoms with E-state index >= 15 is 0 Å². The largest absolute Gasteiger partial charge is 0.316 e. The standard InChI is InChI=1S/C18H27NO/c1-4-8-18(9-5-10-19-13-18)17(20)12-16-11-14(2)6-7-15(16)3/h6-7,11,19H,4-5,8-10,12-13H2,1-3H3. The van der Waals surface area contributed by atoms with Crippen molar-refractivity contribution < 1.29 is 4.79 Å². The Hall–Kier alpha value is -1.15. The van der Waals surface area contributed by atoms with Crippen molar-refractivity contribution in [3.63, 3.8) is 0 Å². The van der Waals surface area contributed by atoms with Crippen LogP contribution in [0.2, 0.25) is 0 Å². The van der Waals surface area contributed by atoms with E-state index in [0.717, 1.165) is 38.8 Å². The van der Waals surface area contributed by atoms with Crippen molar-refractivity contribution in [1.29, 1.82) is 0 Å². The van der Waals surface area contributed by atoms with Gasteiger partial charge in [-0.05, 0) is 50.8 Å². The van der Waals surface area contributed by atoms with Crippen LogP contribution in [0.1, 0.15) is 49.3 Å². The van der Waals surface area contributed by atoms with Crippen LogP contribution in [0.3, 0.4) is 0 Å². The molecule has 2 nitrogen and oxygen atoms in total. The lowest BCUT2D eigenvalue weighted by atomic mass is 9.72. The first kappa shape index (κ1) is 15.2. The van der Waals surface area contributed by atoms with Crippen molar-refractivity contribution in [2.45, 2.75) is 52.9 Å². The SMILES string of the molecule is CCCC1(C(=O)Cc2cc(C)ccc2C)CCCNC1. The van der Waals surface area contributed by atoms with Crippen molar-refractivity contribution in [1.82, 2.24) is 5.32 Å². The smallest absolute Gasteiger partial charge is 0.144 e. The van der Waals surface area contributed by atoms with Gasteiger partial charge in [0.05, 0.1) is 0 Å². The molecule has 1 fully saturated rings. The zero-order valence-electron chi connectivity index (χ0n) is 13.1. The minimum atomic E-state index is -0.122. The molecule has 0 aromatic heterocycles. The number of nitrogens with one attached hydrogen (secondary N) is 1. The fourth-order valence-electron chi connectivity index (χ4n) is 3.39. The second-order valence-electron chi connectivity index (χ2n) is 6.34. The number of Topliss-reactive ketones (excluding diaryl/α,β-unsaturated/α-hetero) is 1. The molecule has 1 unspecified atom stereocenters. The van der Waals surface area contributed by atoms with E-state index in [1.165, 1.54) is 16.7 Å². The molecule has 1 aromatic rings. The summed E-state index contributed by atoms with van der Waals surface area (Å²) in [6.07, 6.45) is 4.87. The van der Waals surface area contributed by atoms with Crippen molar-refractivity contribution in [3.05, 3.63) is 34.9 Å². The van der Waals surface area contributed by atoms with Crippen molar-refractivity contribution in [3.8, 4) is 0 Å². The Morgan fingerprint density at radius 3 is 2.80 bits per heavy atom. The Bertz CT molecular complexity index is 467. The maximum atomic E-state index is 12.9. The molecule has 0 amide bonds. The molecule has 20 heavy (non-hydrogen) atoms. The normalized spacial score (nSPS) is 22.8. The summed E-state index contributed by atoms with van der Waals surface area (Å²) < 4.78 is 0. The lowest BCUT2D eigenvalue weighted by molar-refractivity contribution is -0.129. The van der Waals surface area contributed by atoms with Gasteiger partial charge in [-0.3, -0.25) is 4.79 Å². The molecule has 0 aliphatic carbocycles. The van der Waals surface area contributed by atoms with E-state index in [1.54, 1.807) is 0 Å². The number of piperidine rings is 1. The fourth-order valence-corrected chi connectivity index (χ4v) is 3.39. The summed E-state index contributed by atoms with van der Waals surface area (Å²) in [7, 11) is 0. The van der Waals surface area contributed by atoms with Crippen LogP contribution in [0.4, 0.5) is 0 Å². The monoisotopic (exact) mass is 273 g/mol. The molecule has 1 aromatic carbocycles. The third-order valence-corrected chi connectivity index (χ3v) is 4.65. The van der Waals surface area contributed by atoms with Crippen LogP contribution in [0.5, 0.6) is 0 Å². The molecular formula is C18H27NO. The van der Waals surface area contributed by atoms with Crippen LogP contribution in [0.15, 0.2) is 18.2 Å². The maximum absolute atomic E-state index is 12.9. The Balaban J connectivity index is 2.18. The second kappa shape index (κ2) is 6.53. The van der Waals surface area contributed by atoms with Gasteiger partial charge in [0.15, 0.2) is 0 Å². The first-order valence-electron chi connectivity index (χ1n) is 7.87. The summed E-state index contributed by atoms with van der Waals surface area (Å²) in [5.74, 6) is 0.431. The van der Waals surface area contributed by atoms with Gasteiger partial charge in [-0.1, -0.05) is 37.1 Å². The zero-order chi connectivity index (χ0) is 14.6. The van der Waals surface area contributed by atoms with Crippen molar-refractivity contribution in [2.24, 2.45) is 5.41 Å². The molecule has 1 aliphatic rings. The quantitative estimate of drug-likeness (QED) is 0.888. The highest BCUT2D eigenvalue weighted by Gasteiger charge is 2.38. The molecule has 0 bridgehead atoms. The van der Waals surface area contributed by atoms with Gasteiger partial charge in [0.1, 0.15) is 5.78 Å². The van der Waals surface area contributed by atoms with Gasteiger partial charge in [-0.2, -0.15) is 0 Å². The number of benzene rings is 1. The van der Waals surface area contributed by atoms with Crippen LogP contribution in [-0.2, 0) is 11.2 Å². The Labute approximate surface area is 123 Å². The number of aryl methyl sites for hydroxylation is 2. The Morgan fingerprint density at radius 1 is 1.35 bits per heavy atom. The maximum Gasteiger partial charge on any atom is 0.144 e. The minimum Gasteiger partial charge on any atom is -0.316 e. The van der Waals surface area contributed by atoms with E-state index < -0.39 is 0 Å². The summed E-state index contributed by atoms with van der Waals surface area (Å²) in [4.78, 5) is 12.9. The second-order valence-corrected chi connectivity index (χ2v) is 6.34. The molecule has 2 heteroatoms. The molecule has 1 heterocycles. The zero-order valence-corrected chi connectivity index (χ0v) is 13.1. The van der Waals surface area contributed by atoms with E-state index in [0.29, 0.717) is 12.2 Å². The predicted molar refractivity (Wildman–Crippen MR) is 84.1 cm³/mol. The molecule has 1 saturated heterocycles. The van der Waals surface area contributed by atoms with E-state index in [4.69, 9.17) is 0 Å². The fraction of sp³-hybridized carbons (Fsp3) is 0.611. The topological polar surface area (TPSA) is 29.1 Å². The predicted octanol–water partition coefficient (Wildman–Crippen LogP) is 3.58. The summed E-state index contributed by atoms with van der Waals surface area (Å²) in [6, 6.07) is 6.42. The van der Waals surface area contributed by atoms with Gasteiger partial charge in [0, 0.05) is 18.4 Å². The summed E-state index contributed by atoms with van der Waals surface area (Å²) in [5.41, 5.74) is 3.56. The molecule has 110 valence electrons. The highest BCUT2D eigenvalue weighted by Crippen LogP contribution is 2.34. The van der Waals surface area contributed by atoms with Crippen molar-refractivity contribution >= 4 is 5.78 Å². The highest BCUT2D eigenvalue weighted by atomic mass is 16.1. The minimum absolute atomic E-state index is 0.122. The van der Waals surface area contributed by atoms with Gasteiger partial charge in [-0.15, -0.1) is 0 Å². The lowest BCUT2D eigenvalue weighted by Crippen LogP contribution is -2.46. The van der Waals surface area contributed by atoms with Gasteiger partial charge < -0.3 is 5.32 Å². The van der Waals surface area contributed by atoms with Crippen LogP contribution < -0.4 is 5.32 Å². The van der Waals surface area contributed by atoms with Gasteiger partial charge in [-0.25, -0.2) is 0 Å². The van der Waals surface area contributed by atoms with Crippen molar-refractivity contribution in [2.75, 3.05) is 13.1 Å². The van der Waals surface area contributed by atoms with Gasteiger partial charge in [0.25, 0.3) is 0 Å². The molecule has 1 atom stereocenters. The summed E-state index contributed by atoms with van der Waals surface area (Å²) in [5, 5.41) is 3.43. The average Bonchev–Trinajstić information content (AvgIpc) is 2.44. The van der Waals surface area contributed by atoms with Crippen LogP contribution in [0.25, 0.3) is 0 Å². The molecule has 2 rings (SSSR count). The molecule has 0 radical (unpaired) electrons. The van der Waals surface area contributed by atoms with Gasteiger partial charge in [0.2, 0.25) is 0 Å². The van der Waals surface area contributed by atoms with Crippen LogP contribution >= 0.6 is 0 Å². The first-order chi connectivity index (χ1) is 9.57. The third kappa shape index (κ3) is 3.29. The highest BCUT2D eigenvalue weighted by molar-refractivity contribution is 5.87. The molecule has 1 aliphatic heterocycles. The number of ketones is 1. The Kier molecular flexibility index (Phi) is 4.98. The molecule has 0 spiro atoms. The van der Waals surface area contributed by atoms with E-state index in [2.05, 4.69) is 44.3 Å². The third-order valence-electron chi connectivity index (χ3n) is 4.65. The summed E-state index contributed by atoms with van der Waals surface area (Å²) >= 11 is 0. The first-order valence-corrected chi connectivity index (χ1v) is 7.87.